The quantitative estimate of drug-likeness (QED) is 0.527. The molecule has 0 N–H and O–H groups in total. The summed E-state index contributed by atoms with van der Waals surface area (Å²) in [6.45, 7) is 4.26. The fourth-order valence-electron chi connectivity index (χ4n) is 0.568. The van der Waals surface area contributed by atoms with Crippen LogP contribution in [0.2, 0.25) is 0 Å². The summed E-state index contributed by atoms with van der Waals surface area (Å²) in [5.41, 5.74) is 0. The Kier molecular flexibility index (Phi) is 1.91. The maximum Gasteiger partial charge on any atom is 0.157 e. The van der Waals surface area contributed by atoms with Gasteiger partial charge < -0.3 is 0 Å². The lowest BCUT2D eigenvalue weighted by Gasteiger charge is -1.94. The van der Waals surface area contributed by atoms with Crippen molar-refractivity contribution < 1.29 is 0 Å². The van der Waals surface area contributed by atoms with Crippen LogP contribution in [-0.2, 0) is 0 Å². The van der Waals surface area contributed by atoms with E-state index >= 15 is 0 Å². The van der Waals surface area contributed by atoms with Crippen LogP contribution in [0.25, 0.3) is 0 Å². The van der Waals surface area contributed by atoms with Crippen molar-refractivity contribution in [3.63, 3.8) is 0 Å². The molecule has 0 saturated carbocycles. The van der Waals surface area contributed by atoms with Gasteiger partial charge in [-0.05, 0) is 5.92 Å². The molecule has 0 aliphatic heterocycles. The number of hydrogen-bond acceptors (Lipinski definition) is 2. The molecule has 0 fully saturated rings. The summed E-state index contributed by atoms with van der Waals surface area (Å²) in [7, 11) is 5.42. The van der Waals surface area contributed by atoms with Crippen LogP contribution in [0.15, 0.2) is 6.20 Å². The van der Waals surface area contributed by atoms with Gasteiger partial charge in [-0.2, -0.15) is 0 Å². The molecule has 0 aliphatic rings. The third-order valence-electron chi connectivity index (χ3n) is 1.11. The van der Waals surface area contributed by atoms with Gasteiger partial charge in [0.25, 0.3) is 0 Å². The Morgan fingerprint density at radius 2 is 2.33 bits per heavy atom. The lowest BCUT2D eigenvalue weighted by molar-refractivity contribution is 0.885. The normalized spacial score (nSPS) is 10.6. The van der Waals surface area contributed by atoms with Crippen molar-refractivity contribution in [3.8, 4) is 0 Å². The average molecular weight is 137 g/mol. The predicted molar refractivity (Wildman–Crippen MR) is 41.6 cm³/mol. The first-order valence-corrected chi connectivity index (χ1v) is 3.73. The van der Waals surface area contributed by atoms with Crippen molar-refractivity contribution in [2.75, 3.05) is 0 Å². The number of hydrogen-bond donors (Lipinski definition) is 0. The summed E-state index contributed by atoms with van der Waals surface area (Å²) < 4.78 is 0. The topological polar surface area (TPSA) is 12.9 Å². The van der Waals surface area contributed by atoms with Crippen LogP contribution < -0.4 is 4.91 Å². The van der Waals surface area contributed by atoms with Crippen molar-refractivity contribution in [2.45, 2.75) is 19.8 Å². The molecule has 1 aromatic rings. The molecule has 1 aromatic heterocycles. The molecule has 9 heavy (non-hydrogen) atoms. The zero-order chi connectivity index (χ0) is 6.85. The Balaban J connectivity index is 2.85. The molecule has 0 atom stereocenters. The highest BCUT2D eigenvalue weighted by atomic mass is 32.1. The molecule has 0 saturated heterocycles. The van der Waals surface area contributed by atoms with E-state index in [1.807, 2.05) is 6.20 Å². The summed E-state index contributed by atoms with van der Waals surface area (Å²) in [6, 6.07) is 0. The fourth-order valence-corrected chi connectivity index (χ4v) is 1.26. The second-order valence-electron chi connectivity index (χ2n) is 2.26. The summed E-state index contributed by atoms with van der Waals surface area (Å²) >= 11 is 1.56. The molecule has 3 heteroatoms. The third-order valence-corrected chi connectivity index (χ3v) is 2.24. The van der Waals surface area contributed by atoms with Gasteiger partial charge >= 0.3 is 0 Å². The molecule has 0 aliphatic carbocycles. The second-order valence-corrected chi connectivity index (χ2v) is 3.35. The SMILES string of the molecule is [B]c1ncc(C(C)C)s1. The Hall–Kier alpha value is -0.305. The largest absolute Gasteiger partial charge is 0.261 e. The second kappa shape index (κ2) is 2.52. The molecule has 0 bridgehead atoms. The minimum Gasteiger partial charge on any atom is -0.261 e. The molecule has 0 spiro atoms. The first kappa shape index (κ1) is 6.81. The van der Waals surface area contributed by atoms with E-state index in [9.17, 15) is 0 Å². The third kappa shape index (κ3) is 1.55. The molecule has 0 aromatic carbocycles. The standard InChI is InChI=1S/C6H8BNS/c1-4(2)5-3-8-6(7)9-5/h3-4H,1-2H3. The van der Waals surface area contributed by atoms with E-state index in [-0.39, 0.29) is 0 Å². The van der Waals surface area contributed by atoms with Crippen molar-refractivity contribution in [1.29, 1.82) is 0 Å². The van der Waals surface area contributed by atoms with Crippen LogP contribution in [0.4, 0.5) is 0 Å². The first-order valence-electron chi connectivity index (χ1n) is 2.91. The highest BCUT2D eigenvalue weighted by Gasteiger charge is 2.00. The van der Waals surface area contributed by atoms with Gasteiger partial charge in [-0.25, -0.2) is 0 Å². The van der Waals surface area contributed by atoms with Crippen molar-refractivity contribution >= 4 is 24.1 Å². The minimum absolute atomic E-state index is 0.555. The number of thiazole rings is 1. The molecule has 1 heterocycles. The van der Waals surface area contributed by atoms with Gasteiger partial charge in [-0.3, -0.25) is 4.98 Å². The zero-order valence-corrected chi connectivity index (χ0v) is 6.40. The summed E-state index contributed by atoms with van der Waals surface area (Å²) in [5.74, 6) is 0.555. The Bertz CT molecular complexity index is 195. The Morgan fingerprint density at radius 3 is 2.56 bits per heavy atom. The van der Waals surface area contributed by atoms with Crippen LogP contribution in [0.1, 0.15) is 24.6 Å². The van der Waals surface area contributed by atoms with E-state index in [0.29, 0.717) is 10.8 Å². The van der Waals surface area contributed by atoms with Gasteiger partial charge in [0.15, 0.2) is 7.85 Å². The predicted octanol–water partition coefficient (Wildman–Crippen LogP) is 1.06. The maximum atomic E-state index is 5.42. The van der Waals surface area contributed by atoms with Crippen molar-refractivity contribution in [2.24, 2.45) is 0 Å². The lowest BCUT2D eigenvalue weighted by atomic mass is 10.2. The van der Waals surface area contributed by atoms with Crippen molar-refractivity contribution in [1.82, 2.24) is 4.98 Å². The lowest BCUT2D eigenvalue weighted by Crippen LogP contribution is -1.95. The monoisotopic (exact) mass is 137 g/mol. The fraction of sp³-hybridized carbons (Fsp3) is 0.500. The summed E-state index contributed by atoms with van der Waals surface area (Å²) in [5, 5.41) is 0. The van der Waals surface area contributed by atoms with Gasteiger partial charge in [0.1, 0.15) is 0 Å². The van der Waals surface area contributed by atoms with E-state index in [2.05, 4.69) is 18.8 Å². The molecule has 1 rings (SSSR count). The minimum atomic E-state index is 0.555. The van der Waals surface area contributed by atoms with Gasteiger partial charge in [0.05, 0.1) is 0 Å². The van der Waals surface area contributed by atoms with Crippen LogP contribution in [0.3, 0.4) is 0 Å². The molecular weight excluding hydrogens is 129 g/mol. The summed E-state index contributed by atoms with van der Waals surface area (Å²) in [6.07, 6.45) is 1.84. The van der Waals surface area contributed by atoms with Gasteiger partial charge in [0.2, 0.25) is 0 Å². The average Bonchev–Trinajstić information content (AvgIpc) is 2.14. The number of rotatable bonds is 1. The van der Waals surface area contributed by atoms with Gasteiger partial charge in [-0.1, -0.05) is 13.8 Å². The van der Waals surface area contributed by atoms with Crippen LogP contribution in [0.5, 0.6) is 0 Å². The van der Waals surface area contributed by atoms with Crippen LogP contribution in [-0.4, -0.2) is 12.8 Å². The molecule has 0 unspecified atom stereocenters. The molecule has 46 valence electrons. The maximum absolute atomic E-state index is 5.42. The van der Waals surface area contributed by atoms with E-state index < -0.39 is 0 Å². The van der Waals surface area contributed by atoms with Crippen LogP contribution >= 0.6 is 11.3 Å². The van der Waals surface area contributed by atoms with E-state index in [1.54, 1.807) is 11.3 Å². The Morgan fingerprint density at radius 1 is 1.67 bits per heavy atom. The molecule has 1 nitrogen and oxygen atoms in total. The Labute approximate surface area is 60.5 Å². The van der Waals surface area contributed by atoms with E-state index in [1.165, 1.54) is 4.88 Å². The summed E-state index contributed by atoms with van der Waals surface area (Å²) in [4.78, 5) is 5.86. The number of aromatic nitrogens is 1. The van der Waals surface area contributed by atoms with Gasteiger partial charge in [0, 0.05) is 16.0 Å². The van der Waals surface area contributed by atoms with Gasteiger partial charge in [-0.15, -0.1) is 11.3 Å². The molecule has 0 amide bonds. The molecule has 2 radical (unpaired) electrons. The van der Waals surface area contributed by atoms with E-state index in [0.717, 1.165) is 0 Å². The highest BCUT2D eigenvalue weighted by Crippen LogP contribution is 2.15. The smallest absolute Gasteiger partial charge is 0.157 e. The highest BCUT2D eigenvalue weighted by molar-refractivity contribution is 7.19. The molecular formula is C6H8BNS. The zero-order valence-electron chi connectivity index (χ0n) is 5.59. The number of nitrogens with zero attached hydrogens (tertiary/aromatic N) is 1. The van der Waals surface area contributed by atoms with E-state index in [4.69, 9.17) is 7.85 Å². The first-order chi connectivity index (χ1) is 4.20. The van der Waals surface area contributed by atoms with Crippen molar-refractivity contribution in [3.05, 3.63) is 11.1 Å². The van der Waals surface area contributed by atoms with Crippen LogP contribution in [0, 0.1) is 0 Å².